The summed E-state index contributed by atoms with van der Waals surface area (Å²) in [7, 11) is -3.72. The Morgan fingerprint density at radius 3 is 2.59 bits per heavy atom. The first-order chi connectivity index (χ1) is 13.8. The van der Waals surface area contributed by atoms with Gasteiger partial charge in [-0.3, -0.25) is 9.36 Å². The fraction of sp³-hybridized carbons (Fsp3) is 0.167. The Morgan fingerprint density at radius 2 is 1.90 bits per heavy atom. The molecule has 3 rings (SSSR count). The van der Waals surface area contributed by atoms with Crippen molar-refractivity contribution in [2.24, 2.45) is 5.14 Å². The molecule has 0 bridgehead atoms. The number of nitrogens with two attached hydrogens (primary N) is 1. The fourth-order valence-corrected chi connectivity index (χ4v) is 3.78. The average Bonchev–Trinajstić information content (AvgIpc) is 3.15. The molecule has 0 spiro atoms. The van der Waals surface area contributed by atoms with E-state index in [0.717, 1.165) is 17.3 Å². The largest absolute Gasteiger partial charge is 0.355 e. The van der Waals surface area contributed by atoms with Crippen LogP contribution in [0.25, 0.3) is 5.69 Å². The molecule has 152 valence electrons. The number of sulfonamides is 1. The van der Waals surface area contributed by atoms with Crippen LogP contribution < -0.4 is 10.5 Å². The second-order valence-corrected chi connectivity index (χ2v) is 8.52. The van der Waals surface area contributed by atoms with E-state index in [4.69, 9.17) is 5.14 Å². The third kappa shape index (κ3) is 5.62. The number of carbonyl (C=O) groups is 1. The van der Waals surface area contributed by atoms with E-state index in [1.165, 1.54) is 29.1 Å². The molecule has 1 amide bonds. The van der Waals surface area contributed by atoms with E-state index in [0.29, 0.717) is 23.8 Å². The number of primary sulfonamides is 1. The molecule has 0 unspecified atom stereocenters. The van der Waals surface area contributed by atoms with Gasteiger partial charge in [-0.05, 0) is 36.2 Å². The van der Waals surface area contributed by atoms with Crippen molar-refractivity contribution < 1.29 is 17.6 Å². The standard InChI is InChI=1S/C18H18FN5O3S2/c19-15-3-1-2-4-16(15)24-12-22-23-18(24)28-11-17(25)21-10-9-13-5-7-14(8-6-13)29(20,26)27/h1-8,12H,9-11H2,(H,21,25)(H2,20,26,27). The lowest BCUT2D eigenvalue weighted by Gasteiger charge is -2.08. The van der Waals surface area contributed by atoms with Gasteiger partial charge in [-0.2, -0.15) is 0 Å². The number of nitrogens with zero attached hydrogens (tertiary/aromatic N) is 3. The molecule has 0 saturated heterocycles. The quantitative estimate of drug-likeness (QED) is 0.518. The predicted octanol–water partition coefficient (Wildman–Crippen LogP) is 1.50. The van der Waals surface area contributed by atoms with Gasteiger partial charge in [0.25, 0.3) is 0 Å². The van der Waals surface area contributed by atoms with Gasteiger partial charge in [0, 0.05) is 6.54 Å². The number of carbonyl (C=O) groups excluding carboxylic acids is 1. The van der Waals surface area contributed by atoms with Gasteiger partial charge in [-0.25, -0.2) is 17.9 Å². The van der Waals surface area contributed by atoms with Gasteiger partial charge in [0.05, 0.1) is 16.3 Å². The molecule has 8 nitrogen and oxygen atoms in total. The van der Waals surface area contributed by atoms with Crippen LogP contribution in [0.2, 0.25) is 0 Å². The second kappa shape index (κ2) is 9.16. The van der Waals surface area contributed by atoms with Crippen LogP contribution in [0.1, 0.15) is 5.56 Å². The molecular weight excluding hydrogens is 417 g/mol. The summed E-state index contributed by atoms with van der Waals surface area (Å²) in [5.74, 6) is -0.524. The summed E-state index contributed by atoms with van der Waals surface area (Å²) in [5.41, 5.74) is 1.17. The summed E-state index contributed by atoms with van der Waals surface area (Å²) >= 11 is 1.15. The molecule has 1 heterocycles. The number of para-hydroxylation sites is 1. The molecule has 0 aliphatic heterocycles. The predicted molar refractivity (Wildman–Crippen MR) is 107 cm³/mol. The number of rotatable bonds is 8. The van der Waals surface area contributed by atoms with Gasteiger partial charge >= 0.3 is 0 Å². The van der Waals surface area contributed by atoms with Gasteiger partial charge in [-0.1, -0.05) is 36.0 Å². The minimum Gasteiger partial charge on any atom is -0.355 e. The minimum atomic E-state index is -3.72. The van der Waals surface area contributed by atoms with Gasteiger partial charge in [0.1, 0.15) is 12.1 Å². The van der Waals surface area contributed by atoms with Gasteiger partial charge < -0.3 is 5.32 Å². The highest BCUT2D eigenvalue weighted by molar-refractivity contribution is 7.99. The highest BCUT2D eigenvalue weighted by Crippen LogP contribution is 2.21. The number of halogens is 1. The normalized spacial score (nSPS) is 11.4. The first kappa shape index (κ1) is 21.0. The molecule has 0 saturated carbocycles. The number of hydrogen-bond acceptors (Lipinski definition) is 6. The summed E-state index contributed by atoms with van der Waals surface area (Å²) in [6.07, 6.45) is 1.93. The number of aromatic nitrogens is 3. The smallest absolute Gasteiger partial charge is 0.238 e. The Hall–Kier alpha value is -2.76. The maximum atomic E-state index is 13.9. The van der Waals surface area contributed by atoms with E-state index in [1.54, 1.807) is 30.3 Å². The molecule has 3 N–H and O–H groups in total. The minimum absolute atomic E-state index is 0.0423. The third-order valence-electron chi connectivity index (χ3n) is 3.95. The molecule has 29 heavy (non-hydrogen) atoms. The summed E-state index contributed by atoms with van der Waals surface area (Å²) in [6, 6.07) is 12.4. The van der Waals surface area contributed by atoms with Crippen LogP contribution in [0.15, 0.2) is 64.9 Å². The number of benzene rings is 2. The van der Waals surface area contributed by atoms with Crippen molar-refractivity contribution in [3.8, 4) is 5.69 Å². The van der Waals surface area contributed by atoms with Crippen molar-refractivity contribution in [1.29, 1.82) is 0 Å². The second-order valence-electron chi connectivity index (χ2n) is 6.01. The first-order valence-corrected chi connectivity index (χ1v) is 11.0. The van der Waals surface area contributed by atoms with Crippen LogP contribution in [0.3, 0.4) is 0 Å². The van der Waals surface area contributed by atoms with Gasteiger partial charge in [0.15, 0.2) is 5.16 Å². The molecule has 0 radical (unpaired) electrons. The average molecular weight is 436 g/mol. The van der Waals surface area contributed by atoms with Gasteiger partial charge in [0.2, 0.25) is 15.9 Å². The van der Waals surface area contributed by atoms with E-state index in [-0.39, 0.29) is 16.6 Å². The van der Waals surface area contributed by atoms with Crippen LogP contribution in [0, 0.1) is 5.82 Å². The molecular formula is C18H18FN5O3S2. The van der Waals surface area contributed by atoms with Crippen molar-refractivity contribution >= 4 is 27.7 Å². The van der Waals surface area contributed by atoms with E-state index >= 15 is 0 Å². The van der Waals surface area contributed by atoms with E-state index in [9.17, 15) is 17.6 Å². The zero-order chi connectivity index (χ0) is 20.9. The molecule has 0 atom stereocenters. The maximum Gasteiger partial charge on any atom is 0.238 e. The monoisotopic (exact) mass is 435 g/mol. The lowest BCUT2D eigenvalue weighted by atomic mass is 10.1. The van der Waals surface area contributed by atoms with E-state index in [2.05, 4.69) is 15.5 Å². The maximum absolute atomic E-state index is 13.9. The Labute approximate surface area is 171 Å². The van der Waals surface area contributed by atoms with Crippen LogP contribution in [-0.2, 0) is 21.2 Å². The topological polar surface area (TPSA) is 120 Å². The number of thioether (sulfide) groups is 1. The third-order valence-corrected chi connectivity index (χ3v) is 5.82. The summed E-state index contributed by atoms with van der Waals surface area (Å²) in [4.78, 5) is 12.1. The lowest BCUT2D eigenvalue weighted by molar-refractivity contribution is -0.118. The highest BCUT2D eigenvalue weighted by Gasteiger charge is 2.12. The number of amides is 1. The highest BCUT2D eigenvalue weighted by atomic mass is 32.2. The van der Waals surface area contributed by atoms with Crippen LogP contribution in [-0.4, -0.2) is 41.4 Å². The van der Waals surface area contributed by atoms with Crippen molar-refractivity contribution in [3.05, 3.63) is 66.2 Å². The molecule has 0 aliphatic carbocycles. The summed E-state index contributed by atoms with van der Waals surface area (Å²) < 4.78 is 37.9. The number of nitrogens with one attached hydrogen (secondary N) is 1. The lowest BCUT2D eigenvalue weighted by Crippen LogP contribution is -2.27. The fourth-order valence-electron chi connectivity index (χ4n) is 2.51. The summed E-state index contributed by atoms with van der Waals surface area (Å²) in [5, 5.41) is 16.0. The molecule has 3 aromatic rings. The summed E-state index contributed by atoms with van der Waals surface area (Å²) in [6.45, 7) is 0.383. The zero-order valence-electron chi connectivity index (χ0n) is 15.2. The van der Waals surface area contributed by atoms with Crippen molar-refractivity contribution in [2.75, 3.05) is 12.3 Å². The van der Waals surface area contributed by atoms with E-state index < -0.39 is 15.8 Å². The van der Waals surface area contributed by atoms with Crippen LogP contribution >= 0.6 is 11.8 Å². The first-order valence-electron chi connectivity index (χ1n) is 8.51. The van der Waals surface area contributed by atoms with Crippen LogP contribution in [0.5, 0.6) is 0 Å². The molecule has 2 aromatic carbocycles. The molecule has 11 heteroatoms. The molecule has 0 aliphatic rings. The van der Waals surface area contributed by atoms with Crippen molar-refractivity contribution in [2.45, 2.75) is 16.5 Å². The van der Waals surface area contributed by atoms with Crippen LogP contribution in [0.4, 0.5) is 4.39 Å². The SMILES string of the molecule is NS(=O)(=O)c1ccc(CCNC(=O)CSc2nncn2-c2ccccc2F)cc1. The Kier molecular flexibility index (Phi) is 6.62. The van der Waals surface area contributed by atoms with Gasteiger partial charge in [-0.15, -0.1) is 10.2 Å². The van der Waals surface area contributed by atoms with Crippen molar-refractivity contribution in [3.63, 3.8) is 0 Å². The van der Waals surface area contributed by atoms with E-state index in [1.807, 2.05) is 0 Å². The Morgan fingerprint density at radius 1 is 1.17 bits per heavy atom. The zero-order valence-corrected chi connectivity index (χ0v) is 16.8. The molecule has 1 aromatic heterocycles. The molecule has 0 fully saturated rings. The Balaban J connectivity index is 1.49. The van der Waals surface area contributed by atoms with Crippen molar-refractivity contribution in [1.82, 2.24) is 20.1 Å². The Bertz CT molecular complexity index is 1100. The number of hydrogen-bond donors (Lipinski definition) is 2.